The predicted molar refractivity (Wildman–Crippen MR) is 98.9 cm³/mol. The summed E-state index contributed by atoms with van der Waals surface area (Å²) in [6, 6.07) is 0.935. The Labute approximate surface area is 161 Å². The van der Waals surface area contributed by atoms with Crippen LogP contribution in [0.3, 0.4) is 0 Å². The summed E-state index contributed by atoms with van der Waals surface area (Å²) in [6.07, 6.45) is 1.07. The number of carbonyl (C=O) groups excluding carboxylic acids is 2. The van der Waals surface area contributed by atoms with Gasteiger partial charge in [-0.05, 0) is 31.9 Å². The summed E-state index contributed by atoms with van der Waals surface area (Å²) in [5.74, 6) is -1.37. The number of allylic oxidation sites excluding steroid dienone is 1. The first-order chi connectivity index (χ1) is 13.3. The van der Waals surface area contributed by atoms with Crippen molar-refractivity contribution in [2.45, 2.75) is 39.7 Å². The molecular weight excluding hydrogens is 370 g/mol. The van der Waals surface area contributed by atoms with E-state index < -0.39 is 34.4 Å². The number of nitrogens with zero attached hydrogens (tertiary/aromatic N) is 1. The highest BCUT2D eigenvalue weighted by molar-refractivity contribution is 5.95. The quantitative estimate of drug-likeness (QED) is 0.350. The van der Waals surface area contributed by atoms with Crippen LogP contribution < -0.4 is 15.4 Å². The molecule has 1 aliphatic rings. The Morgan fingerprint density at radius 1 is 1.29 bits per heavy atom. The van der Waals surface area contributed by atoms with E-state index in [1.165, 1.54) is 6.07 Å². The monoisotopic (exact) mass is 393 g/mol. The number of phenols is 1. The molecule has 28 heavy (non-hydrogen) atoms. The molecular formula is C18H23N3O7. The van der Waals surface area contributed by atoms with E-state index in [4.69, 9.17) is 9.47 Å². The van der Waals surface area contributed by atoms with Crippen molar-refractivity contribution >= 4 is 17.7 Å². The molecule has 2 rings (SSSR count). The van der Waals surface area contributed by atoms with E-state index in [2.05, 4.69) is 10.6 Å². The molecule has 0 aliphatic carbocycles. The maximum atomic E-state index is 12.6. The molecule has 10 nitrogen and oxygen atoms in total. The van der Waals surface area contributed by atoms with Crippen LogP contribution in [-0.2, 0) is 9.53 Å². The van der Waals surface area contributed by atoms with Crippen LogP contribution in [0.15, 0.2) is 23.4 Å². The third-order valence-electron chi connectivity index (χ3n) is 4.06. The number of benzene rings is 1. The summed E-state index contributed by atoms with van der Waals surface area (Å²) in [4.78, 5) is 35.3. The number of urea groups is 1. The standard InChI is InChI=1S/C18H23N3O7/c1-4-7-11-14(17(23)28-6-3)15(20-18(24)19-11)10-8-12(21(25)26)16(22)13(9-10)27-5-2/h8-9,15,22H,4-7H2,1-3H3,(H2,19,20,24). The zero-order valence-electron chi connectivity index (χ0n) is 15.9. The number of nitrogens with one attached hydrogen (secondary N) is 2. The van der Waals surface area contributed by atoms with E-state index in [0.717, 1.165) is 6.07 Å². The minimum absolute atomic E-state index is 0.111. The molecule has 1 atom stereocenters. The largest absolute Gasteiger partial charge is 0.500 e. The van der Waals surface area contributed by atoms with Crippen LogP contribution in [-0.4, -0.2) is 35.2 Å². The van der Waals surface area contributed by atoms with Crippen LogP contribution >= 0.6 is 0 Å². The van der Waals surface area contributed by atoms with E-state index >= 15 is 0 Å². The lowest BCUT2D eigenvalue weighted by atomic mass is 9.93. The van der Waals surface area contributed by atoms with Crippen molar-refractivity contribution in [2.24, 2.45) is 0 Å². The summed E-state index contributed by atoms with van der Waals surface area (Å²) in [6.45, 7) is 5.49. The molecule has 1 aromatic carbocycles. The van der Waals surface area contributed by atoms with E-state index in [9.17, 15) is 24.8 Å². The first-order valence-corrected chi connectivity index (χ1v) is 8.95. The smallest absolute Gasteiger partial charge is 0.338 e. The molecule has 10 heteroatoms. The number of rotatable bonds is 8. The SMILES string of the molecule is CCCC1=C(C(=O)OCC)C(c2cc(OCC)c(O)c([N+](=O)[O-])c2)NC(=O)N1. The molecule has 0 radical (unpaired) electrons. The van der Waals surface area contributed by atoms with Gasteiger partial charge in [-0.1, -0.05) is 13.3 Å². The number of nitro groups is 1. The van der Waals surface area contributed by atoms with Gasteiger partial charge in [-0.15, -0.1) is 0 Å². The third kappa shape index (κ3) is 4.33. The summed E-state index contributed by atoms with van der Waals surface area (Å²) < 4.78 is 10.4. The average molecular weight is 393 g/mol. The van der Waals surface area contributed by atoms with Crippen molar-refractivity contribution in [1.29, 1.82) is 0 Å². The highest BCUT2D eigenvalue weighted by atomic mass is 16.6. The Morgan fingerprint density at radius 2 is 2.00 bits per heavy atom. The number of hydrogen-bond donors (Lipinski definition) is 3. The molecule has 0 saturated carbocycles. The van der Waals surface area contributed by atoms with Gasteiger partial charge in [0.25, 0.3) is 0 Å². The van der Waals surface area contributed by atoms with Crippen molar-refractivity contribution in [3.63, 3.8) is 0 Å². The summed E-state index contributed by atoms with van der Waals surface area (Å²) in [5.41, 5.74) is 0.183. The first-order valence-electron chi connectivity index (χ1n) is 8.95. The molecule has 0 spiro atoms. The summed E-state index contributed by atoms with van der Waals surface area (Å²) >= 11 is 0. The molecule has 0 aromatic heterocycles. The second-order valence-electron chi connectivity index (χ2n) is 5.97. The second kappa shape index (κ2) is 9.07. The second-order valence-corrected chi connectivity index (χ2v) is 5.97. The molecule has 1 unspecified atom stereocenters. The molecule has 1 heterocycles. The van der Waals surface area contributed by atoms with Gasteiger partial charge in [0.15, 0.2) is 5.75 Å². The van der Waals surface area contributed by atoms with Gasteiger partial charge in [-0.2, -0.15) is 0 Å². The highest BCUT2D eigenvalue weighted by Crippen LogP contribution is 2.41. The minimum Gasteiger partial charge on any atom is -0.500 e. The molecule has 0 fully saturated rings. The maximum absolute atomic E-state index is 12.6. The van der Waals surface area contributed by atoms with Gasteiger partial charge in [-0.25, -0.2) is 9.59 Å². The summed E-state index contributed by atoms with van der Waals surface area (Å²) in [7, 11) is 0. The molecule has 0 saturated heterocycles. The van der Waals surface area contributed by atoms with Crippen LogP contribution in [0.25, 0.3) is 0 Å². The van der Waals surface area contributed by atoms with Crippen molar-refractivity contribution < 1.29 is 29.1 Å². The van der Waals surface area contributed by atoms with E-state index in [1.807, 2.05) is 6.92 Å². The van der Waals surface area contributed by atoms with Gasteiger partial charge in [0.2, 0.25) is 5.75 Å². The zero-order valence-corrected chi connectivity index (χ0v) is 15.9. The maximum Gasteiger partial charge on any atom is 0.338 e. The Hall–Kier alpha value is -3.30. The first kappa shape index (κ1) is 21.0. The number of ether oxygens (including phenoxy) is 2. The Morgan fingerprint density at radius 3 is 2.57 bits per heavy atom. The fourth-order valence-corrected chi connectivity index (χ4v) is 2.95. The lowest BCUT2D eigenvalue weighted by Crippen LogP contribution is -2.46. The Balaban J connectivity index is 2.67. The molecule has 2 amide bonds. The number of carbonyl (C=O) groups is 2. The fraction of sp³-hybridized carbons (Fsp3) is 0.444. The lowest BCUT2D eigenvalue weighted by molar-refractivity contribution is -0.386. The van der Waals surface area contributed by atoms with Crippen molar-refractivity contribution in [1.82, 2.24) is 10.6 Å². The van der Waals surface area contributed by atoms with Gasteiger partial charge in [-0.3, -0.25) is 10.1 Å². The number of nitro benzene ring substituents is 1. The Bertz CT molecular complexity index is 820. The molecule has 152 valence electrons. The Kier molecular flexibility index (Phi) is 6.80. The highest BCUT2D eigenvalue weighted by Gasteiger charge is 2.35. The molecule has 1 aromatic rings. The zero-order chi connectivity index (χ0) is 20.8. The summed E-state index contributed by atoms with van der Waals surface area (Å²) in [5, 5.41) is 26.6. The van der Waals surface area contributed by atoms with Crippen LogP contribution in [0.5, 0.6) is 11.5 Å². The van der Waals surface area contributed by atoms with E-state index in [0.29, 0.717) is 18.5 Å². The fourth-order valence-electron chi connectivity index (χ4n) is 2.95. The van der Waals surface area contributed by atoms with Crippen molar-refractivity contribution in [3.8, 4) is 11.5 Å². The number of esters is 1. The van der Waals surface area contributed by atoms with Gasteiger partial charge in [0.1, 0.15) is 0 Å². The van der Waals surface area contributed by atoms with E-state index in [-0.39, 0.29) is 30.1 Å². The predicted octanol–water partition coefficient (Wildman–Crippen LogP) is 2.67. The van der Waals surface area contributed by atoms with Crippen molar-refractivity contribution in [2.75, 3.05) is 13.2 Å². The average Bonchev–Trinajstić information content (AvgIpc) is 2.63. The normalized spacial score (nSPS) is 16.2. The van der Waals surface area contributed by atoms with Gasteiger partial charge >= 0.3 is 17.7 Å². The lowest BCUT2D eigenvalue weighted by Gasteiger charge is -2.29. The van der Waals surface area contributed by atoms with Crippen LogP contribution in [0.4, 0.5) is 10.5 Å². The number of hydrogen-bond acceptors (Lipinski definition) is 7. The topological polar surface area (TPSA) is 140 Å². The third-order valence-corrected chi connectivity index (χ3v) is 4.06. The number of aromatic hydroxyl groups is 1. The molecule has 3 N–H and O–H groups in total. The molecule has 0 bridgehead atoms. The van der Waals surface area contributed by atoms with Gasteiger partial charge in [0, 0.05) is 11.8 Å². The van der Waals surface area contributed by atoms with E-state index in [1.54, 1.807) is 13.8 Å². The minimum atomic E-state index is -0.993. The van der Waals surface area contributed by atoms with Crippen LogP contribution in [0, 0.1) is 10.1 Å². The number of phenolic OH excluding ortho intramolecular Hbond substituents is 1. The van der Waals surface area contributed by atoms with Crippen LogP contribution in [0.2, 0.25) is 0 Å². The van der Waals surface area contributed by atoms with Crippen molar-refractivity contribution in [3.05, 3.63) is 39.1 Å². The molecule has 1 aliphatic heterocycles. The van der Waals surface area contributed by atoms with Gasteiger partial charge in [0.05, 0.1) is 29.8 Å². The van der Waals surface area contributed by atoms with Gasteiger partial charge < -0.3 is 25.2 Å². The number of amides is 2. The van der Waals surface area contributed by atoms with Crippen LogP contribution in [0.1, 0.15) is 45.2 Å².